The molecule has 0 bridgehead atoms. The molecule has 0 N–H and O–H groups in total. The van der Waals surface area contributed by atoms with E-state index in [1.54, 1.807) is 17.6 Å². The number of aromatic nitrogens is 1. The molecule has 4 heteroatoms. The first kappa shape index (κ1) is 9.19. The van der Waals surface area contributed by atoms with Gasteiger partial charge in [-0.1, -0.05) is 12.8 Å². The lowest BCUT2D eigenvalue weighted by atomic mass is 10.2. The highest BCUT2D eigenvalue weighted by Gasteiger charge is 2.08. The van der Waals surface area contributed by atoms with E-state index in [0.717, 1.165) is 11.3 Å². The van der Waals surface area contributed by atoms with Gasteiger partial charge in [-0.2, -0.15) is 0 Å². The Hall–Kier alpha value is -0.900. The van der Waals surface area contributed by atoms with Gasteiger partial charge in [0.2, 0.25) is 5.88 Å². The molecule has 3 nitrogen and oxygen atoms in total. The van der Waals surface area contributed by atoms with Crippen LogP contribution in [0.1, 0.15) is 5.56 Å². The molecule has 66 valence electrons. The van der Waals surface area contributed by atoms with Crippen LogP contribution in [0, 0.1) is 6.92 Å². The highest BCUT2D eigenvalue weighted by atomic mass is 32.1. The summed E-state index contributed by atoms with van der Waals surface area (Å²) < 4.78 is 6.78. The summed E-state index contributed by atoms with van der Waals surface area (Å²) in [5.41, 5.74) is 2.00. The van der Waals surface area contributed by atoms with Gasteiger partial charge in [-0.15, -0.1) is 0 Å². The Kier molecular flexibility index (Phi) is 2.81. The molecule has 0 fully saturated rings. The molecule has 0 spiro atoms. The van der Waals surface area contributed by atoms with Gasteiger partial charge in [-0.05, 0) is 18.6 Å². The summed E-state index contributed by atoms with van der Waals surface area (Å²) in [6.07, 6.45) is 1.72. The number of pyridine rings is 1. The van der Waals surface area contributed by atoms with Gasteiger partial charge in [0.25, 0.3) is 0 Å². The Morgan fingerprint density at radius 1 is 1.58 bits per heavy atom. The zero-order valence-corrected chi connectivity index (χ0v) is 8.30. The van der Waals surface area contributed by atoms with E-state index in [0.29, 0.717) is 5.88 Å². The summed E-state index contributed by atoms with van der Waals surface area (Å²) in [5, 5.41) is 0. The minimum Gasteiger partial charge on any atom is -0.479 e. The van der Waals surface area contributed by atoms with Gasteiger partial charge < -0.3 is 9.04 Å². The second-order valence-electron chi connectivity index (χ2n) is 2.51. The fourth-order valence-electron chi connectivity index (χ4n) is 1.07. The standard InChI is InChI=1S/C8H12N2OS/c1-6-4-5-9-8(11-3)7(6)10(2)12/h4-5,12H,1-3H3. The molecule has 0 aromatic carbocycles. The van der Waals surface area contributed by atoms with Crippen LogP contribution < -0.4 is 9.04 Å². The smallest absolute Gasteiger partial charge is 0.238 e. The Balaban J connectivity index is 3.20. The maximum absolute atomic E-state index is 5.09. The molecule has 0 radical (unpaired) electrons. The molecule has 0 aliphatic rings. The molecule has 1 rings (SSSR count). The zero-order chi connectivity index (χ0) is 9.14. The van der Waals surface area contributed by atoms with Crippen LogP contribution >= 0.6 is 12.8 Å². The van der Waals surface area contributed by atoms with E-state index in [1.165, 1.54) is 0 Å². The van der Waals surface area contributed by atoms with Crippen molar-refractivity contribution in [3.05, 3.63) is 17.8 Å². The van der Waals surface area contributed by atoms with Crippen molar-refractivity contribution < 1.29 is 4.74 Å². The second kappa shape index (κ2) is 3.67. The van der Waals surface area contributed by atoms with E-state index in [4.69, 9.17) is 4.74 Å². The number of hydrogen-bond acceptors (Lipinski definition) is 4. The zero-order valence-electron chi connectivity index (χ0n) is 7.40. The summed E-state index contributed by atoms with van der Waals surface area (Å²) in [4.78, 5) is 4.07. The normalized spacial score (nSPS) is 9.67. The second-order valence-corrected chi connectivity index (χ2v) is 3.11. The number of nitrogens with zero attached hydrogens (tertiary/aromatic N) is 2. The van der Waals surface area contributed by atoms with Crippen molar-refractivity contribution in [1.82, 2.24) is 4.98 Å². The molecular formula is C8H12N2OS. The maximum Gasteiger partial charge on any atom is 0.238 e. The van der Waals surface area contributed by atoms with Gasteiger partial charge in [-0.25, -0.2) is 4.98 Å². The van der Waals surface area contributed by atoms with Crippen LogP contribution in [0.25, 0.3) is 0 Å². The monoisotopic (exact) mass is 184 g/mol. The van der Waals surface area contributed by atoms with Gasteiger partial charge in [0, 0.05) is 13.2 Å². The molecule has 0 amide bonds. The van der Waals surface area contributed by atoms with Crippen LogP contribution in [0.3, 0.4) is 0 Å². The fourth-order valence-corrected chi connectivity index (χ4v) is 1.31. The highest BCUT2D eigenvalue weighted by molar-refractivity contribution is 7.81. The van der Waals surface area contributed by atoms with Crippen molar-refractivity contribution in [3.8, 4) is 5.88 Å². The summed E-state index contributed by atoms with van der Waals surface area (Å²) in [6, 6.07) is 1.92. The van der Waals surface area contributed by atoms with E-state index in [-0.39, 0.29) is 0 Å². The van der Waals surface area contributed by atoms with E-state index in [9.17, 15) is 0 Å². The third-order valence-corrected chi connectivity index (χ3v) is 1.81. The molecule has 0 unspecified atom stereocenters. The first-order chi connectivity index (χ1) is 5.66. The van der Waals surface area contributed by atoms with Gasteiger partial charge in [-0.3, -0.25) is 0 Å². The Morgan fingerprint density at radius 3 is 2.67 bits per heavy atom. The third kappa shape index (κ3) is 1.64. The number of aryl methyl sites for hydroxylation is 1. The van der Waals surface area contributed by atoms with Crippen molar-refractivity contribution in [3.63, 3.8) is 0 Å². The third-order valence-electron chi connectivity index (χ3n) is 1.61. The first-order valence-corrected chi connectivity index (χ1v) is 3.99. The SMILES string of the molecule is COc1nccc(C)c1N(C)S. The number of rotatable bonds is 2. The molecular weight excluding hydrogens is 172 g/mol. The van der Waals surface area contributed by atoms with Crippen molar-refractivity contribution >= 4 is 18.5 Å². The quantitative estimate of drug-likeness (QED) is 0.708. The largest absolute Gasteiger partial charge is 0.479 e. The molecule has 0 aliphatic heterocycles. The first-order valence-electron chi connectivity index (χ1n) is 3.59. The van der Waals surface area contributed by atoms with Crippen LogP contribution in [0.4, 0.5) is 5.69 Å². The van der Waals surface area contributed by atoms with Crippen molar-refractivity contribution in [2.24, 2.45) is 0 Å². The molecule has 1 aromatic heterocycles. The van der Waals surface area contributed by atoms with Gasteiger partial charge in [0.1, 0.15) is 5.69 Å². The van der Waals surface area contributed by atoms with Crippen molar-refractivity contribution in [2.45, 2.75) is 6.92 Å². The highest BCUT2D eigenvalue weighted by Crippen LogP contribution is 2.28. The Labute approximate surface area is 77.9 Å². The number of anilines is 1. The molecule has 1 heterocycles. The maximum atomic E-state index is 5.09. The molecule has 12 heavy (non-hydrogen) atoms. The molecule has 1 aromatic rings. The molecule has 0 saturated carbocycles. The van der Waals surface area contributed by atoms with E-state index in [2.05, 4.69) is 17.8 Å². The fraction of sp³-hybridized carbons (Fsp3) is 0.375. The van der Waals surface area contributed by atoms with Gasteiger partial charge in [0.15, 0.2) is 0 Å². The lowest BCUT2D eigenvalue weighted by Gasteiger charge is -2.16. The predicted molar refractivity (Wildman–Crippen MR) is 52.9 cm³/mol. The van der Waals surface area contributed by atoms with Crippen LogP contribution in [-0.4, -0.2) is 19.1 Å². The van der Waals surface area contributed by atoms with E-state index >= 15 is 0 Å². The van der Waals surface area contributed by atoms with E-state index in [1.807, 2.05) is 20.0 Å². The summed E-state index contributed by atoms with van der Waals surface area (Å²) in [7, 11) is 3.44. The minimum atomic E-state index is 0.604. The lowest BCUT2D eigenvalue weighted by Crippen LogP contribution is -2.06. The lowest BCUT2D eigenvalue weighted by molar-refractivity contribution is 0.399. The van der Waals surface area contributed by atoms with Crippen LogP contribution in [0.15, 0.2) is 12.3 Å². The van der Waals surface area contributed by atoms with E-state index < -0.39 is 0 Å². The van der Waals surface area contributed by atoms with Crippen molar-refractivity contribution in [2.75, 3.05) is 18.5 Å². The predicted octanol–water partition coefficient (Wildman–Crippen LogP) is 1.68. The average Bonchev–Trinajstić information content (AvgIpc) is 2.03. The summed E-state index contributed by atoms with van der Waals surface area (Å²) in [6.45, 7) is 1.99. The topological polar surface area (TPSA) is 25.4 Å². The van der Waals surface area contributed by atoms with Crippen LogP contribution in [-0.2, 0) is 0 Å². The number of methoxy groups -OCH3 is 1. The minimum absolute atomic E-state index is 0.604. The molecule has 0 aliphatic carbocycles. The number of ether oxygens (including phenoxy) is 1. The van der Waals surface area contributed by atoms with Crippen LogP contribution in [0.2, 0.25) is 0 Å². The van der Waals surface area contributed by atoms with Crippen LogP contribution in [0.5, 0.6) is 5.88 Å². The van der Waals surface area contributed by atoms with Gasteiger partial charge in [0.05, 0.1) is 7.11 Å². The van der Waals surface area contributed by atoms with Gasteiger partial charge >= 0.3 is 0 Å². The Morgan fingerprint density at radius 2 is 2.25 bits per heavy atom. The average molecular weight is 184 g/mol. The Bertz CT molecular complexity index is 276. The molecule has 0 atom stereocenters. The molecule has 0 saturated heterocycles. The summed E-state index contributed by atoms with van der Waals surface area (Å²) >= 11 is 4.19. The number of hydrogen-bond donors (Lipinski definition) is 1. The number of thiol groups is 1. The van der Waals surface area contributed by atoms with Crippen molar-refractivity contribution in [1.29, 1.82) is 0 Å². The summed E-state index contributed by atoms with van der Waals surface area (Å²) in [5.74, 6) is 0.604.